The highest BCUT2D eigenvalue weighted by Crippen LogP contribution is 2.13. The fourth-order valence-electron chi connectivity index (χ4n) is 1.71. The predicted molar refractivity (Wildman–Crippen MR) is 58.4 cm³/mol. The van der Waals surface area contributed by atoms with E-state index in [-0.39, 0.29) is 12.1 Å². The molecule has 2 heteroatoms. The number of hydrogen-bond acceptors (Lipinski definition) is 2. The van der Waals surface area contributed by atoms with E-state index in [0.29, 0.717) is 6.42 Å². The molecule has 1 aromatic carbocycles. The van der Waals surface area contributed by atoms with Crippen molar-refractivity contribution in [1.82, 2.24) is 0 Å². The van der Waals surface area contributed by atoms with Gasteiger partial charge in [-0.15, -0.1) is 0 Å². The number of cyclic esters (lactones) is 1. The highest BCUT2D eigenvalue weighted by molar-refractivity contribution is 5.71. The Hall–Kier alpha value is -1.57. The number of rotatable bonds is 2. The summed E-state index contributed by atoms with van der Waals surface area (Å²) in [6.45, 7) is 0. The number of hydrogen-bond donors (Lipinski definition) is 0. The van der Waals surface area contributed by atoms with Gasteiger partial charge in [0.1, 0.15) is 6.10 Å². The Morgan fingerprint density at radius 1 is 1.20 bits per heavy atom. The SMILES string of the molecule is O=C1CC=CCC(Cc2ccccc2)O1. The van der Waals surface area contributed by atoms with Gasteiger partial charge in [-0.05, 0) is 5.56 Å². The normalized spacial score (nSPS) is 20.8. The Kier molecular flexibility index (Phi) is 3.18. The van der Waals surface area contributed by atoms with E-state index < -0.39 is 0 Å². The second kappa shape index (κ2) is 4.78. The van der Waals surface area contributed by atoms with Crippen molar-refractivity contribution in [3.05, 3.63) is 48.0 Å². The van der Waals surface area contributed by atoms with Crippen LogP contribution < -0.4 is 0 Å². The maximum atomic E-state index is 11.2. The van der Waals surface area contributed by atoms with E-state index in [4.69, 9.17) is 4.74 Å². The molecule has 0 spiro atoms. The van der Waals surface area contributed by atoms with Gasteiger partial charge in [0.25, 0.3) is 0 Å². The van der Waals surface area contributed by atoms with E-state index in [9.17, 15) is 4.79 Å². The third-order valence-corrected chi connectivity index (χ3v) is 2.45. The van der Waals surface area contributed by atoms with Crippen LogP contribution >= 0.6 is 0 Å². The molecule has 1 aromatic rings. The van der Waals surface area contributed by atoms with Crippen LogP contribution in [0.2, 0.25) is 0 Å². The molecule has 0 radical (unpaired) electrons. The Labute approximate surface area is 89.6 Å². The summed E-state index contributed by atoms with van der Waals surface area (Å²) < 4.78 is 5.31. The van der Waals surface area contributed by atoms with Crippen molar-refractivity contribution in [1.29, 1.82) is 0 Å². The molecule has 1 heterocycles. The third kappa shape index (κ3) is 2.94. The average Bonchev–Trinajstić information content (AvgIpc) is 2.44. The number of benzene rings is 1. The van der Waals surface area contributed by atoms with Crippen molar-refractivity contribution in [3.63, 3.8) is 0 Å². The van der Waals surface area contributed by atoms with Crippen LogP contribution in [0.1, 0.15) is 18.4 Å². The molecule has 1 unspecified atom stereocenters. The smallest absolute Gasteiger partial charge is 0.309 e. The van der Waals surface area contributed by atoms with Gasteiger partial charge < -0.3 is 4.74 Å². The molecular formula is C13H14O2. The first-order valence-electron chi connectivity index (χ1n) is 5.23. The van der Waals surface area contributed by atoms with Crippen molar-refractivity contribution >= 4 is 5.97 Å². The topological polar surface area (TPSA) is 26.3 Å². The number of carbonyl (C=O) groups is 1. The van der Waals surface area contributed by atoms with E-state index >= 15 is 0 Å². The lowest BCUT2D eigenvalue weighted by Crippen LogP contribution is -2.18. The molecule has 1 aliphatic rings. The molecule has 15 heavy (non-hydrogen) atoms. The molecule has 2 nitrogen and oxygen atoms in total. The fraction of sp³-hybridized carbons (Fsp3) is 0.308. The van der Waals surface area contributed by atoms with Crippen LogP contribution in [0.15, 0.2) is 42.5 Å². The van der Waals surface area contributed by atoms with Crippen LogP contribution in [0.4, 0.5) is 0 Å². The first-order chi connectivity index (χ1) is 7.34. The zero-order chi connectivity index (χ0) is 10.5. The van der Waals surface area contributed by atoms with Gasteiger partial charge in [-0.3, -0.25) is 4.79 Å². The molecule has 78 valence electrons. The molecule has 0 fully saturated rings. The summed E-state index contributed by atoms with van der Waals surface area (Å²) in [5.74, 6) is -0.121. The van der Waals surface area contributed by atoms with E-state index in [1.807, 2.05) is 30.4 Å². The molecule has 0 saturated heterocycles. The van der Waals surface area contributed by atoms with Gasteiger partial charge >= 0.3 is 5.97 Å². The van der Waals surface area contributed by atoms with Crippen molar-refractivity contribution in [3.8, 4) is 0 Å². The summed E-state index contributed by atoms with van der Waals surface area (Å²) in [4.78, 5) is 11.2. The first-order valence-corrected chi connectivity index (χ1v) is 5.23. The van der Waals surface area contributed by atoms with Crippen molar-refractivity contribution in [2.45, 2.75) is 25.4 Å². The number of esters is 1. The average molecular weight is 202 g/mol. The van der Waals surface area contributed by atoms with Crippen LogP contribution in [0.25, 0.3) is 0 Å². The summed E-state index contributed by atoms with van der Waals surface area (Å²) in [5, 5.41) is 0. The summed E-state index contributed by atoms with van der Waals surface area (Å²) >= 11 is 0. The van der Waals surface area contributed by atoms with Crippen LogP contribution in [-0.4, -0.2) is 12.1 Å². The Morgan fingerprint density at radius 2 is 2.00 bits per heavy atom. The minimum absolute atomic E-state index is 0.00125. The monoisotopic (exact) mass is 202 g/mol. The third-order valence-electron chi connectivity index (χ3n) is 2.45. The number of ether oxygens (including phenoxy) is 1. The molecule has 0 aliphatic carbocycles. The van der Waals surface area contributed by atoms with Crippen LogP contribution in [0.5, 0.6) is 0 Å². The van der Waals surface area contributed by atoms with Crippen molar-refractivity contribution in [2.24, 2.45) is 0 Å². The standard InChI is InChI=1S/C13H14O2/c14-13-9-5-4-8-12(15-13)10-11-6-2-1-3-7-11/h1-7,12H,8-10H2. The van der Waals surface area contributed by atoms with Gasteiger partial charge in [0.15, 0.2) is 0 Å². The zero-order valence-corrected chi connectivity index (χ0v) is 8.56. The van der Waals surface area contributed by atoms with Gasteiger partial charge in [-0.25, -0.2) is 0 Å². The highest BCUT2D eigenvalue weighted by Gasteiger charge is 2.15. The van der Waals surface area contributed by atoms with Crippen LogP contribution in [-0.2, 0) is 16.0 Å². The molecule has 0 amide bonds. The molecule has 2 rings (SSSR count). The largest absolute Gasteiger partial charge is 0.461 e. The lowest BCUT2D eigenvalue weighted by molar-refractivity contribution is -0.147. The molecule has 0 aromatic heterocycles. The summed E-state index contributed by atoms with van der Waals surface area (Å²) in [5.41, 5.74) is 1.21. The van der Waals surface area contributed by atoms with E-state index in [1.165, 1.54) is 5.56 Å². The van der Waals surface area contributed by atoms with Gasteiger partial charge in [0.2, 0.25) is 0 Å². The van der Waals surface area contributed by atoms with Gasteiger partial charge in [0, 0.05) is 12.8 Å². The van der Waals surface area contributed by atoms with Crippen LogP contribution in [0, 0.1) is 0 Å². The Balaban J connectivity index is 1.99. The highest BCUT2D eigenvalue weighted by atomic mass is 16.5. The molecule has 0 N–H and O–H groups in total. The molecule has 0 saturated carbocycles. The van der Waals surface area contributed by atoms with Crippen LogP contribution in [0.3, 0.4) is 0 Å². The molecule has 1 atom stereocenters. The minimum Gasteiger partial charge on any atom is -0.461 e. The Bertz CT molecular complexity index is 354. The van der Waals surface area contributed by atoms with Crippen molar-refractivity contribution in [2.75, 3.05) is 0 Å². The lowest BCUT2D eigenvalue weighted by Gasteiger charge is -2.14. The fourth-order valence-corrected chi connectivity index (χ4v) is 1.71. The second-order valence-electron chi connectivity index (χ2n) is 3.71. The molecule has 1 aliphatic heterocycles. The van der Waals surface area contributed by atoms with E-state index in [2.05, 4.69) is 12.1 Å². The predicted octanol–water partition coefficient (Wildman–Crippen LogP) is 2.49. The maximum Gasteiger partial charge on any atom is 0.309 e. The summed E-state index contributed by atoms with van der Waals surface area (Å²) in [6, 6.07) is 10.1. The lowest BCUT2D eigenvalue weighted by atomic mass is 10.1. The molecular weight excluding hydrogens is 188 g/mol. The van der Waals surface area contributed by atoms with Crippen molar-refractivity contribution < 1.29 is 9.53 Å². The minimum atomic E-state index is -0.121. The maximum absolute atomic E-state index is 11.2. The zero-order valence-electron chi connectivity index (χ0n) is 8.56. The van der Waals surface area contributed by atoms with Gasteiger partial charge in [0.05, 0.1) is 6.42 Å². The Morgan fingerprint density at radius 3 is 2.80 bits per heavy atom. The number of carbonyl (C=O) groups excluding carboxylic acids is 1. The molecule has 0 bridgehead atoms. The van der Waals surface area contributed by atoms with Gasteiger partial charge in [-0.1, -0.05) is 42.5 Å². The second-order valence-corrected chi connectivity index (χ2v) is 3.71. The first kappa shape index (κ1) is 9.97. The van der Waals surface area contributed by atoms with E-state index in [0.717, 1.165) is 12.8 Å². The quantitative estimate of drug-likeness (QED) is 0.544. The van der Waals surface area contributed by atoms with Gasteiger partial charge in [-0.2, -0.15) is 0 Å². The summed E-state index contributed by atoms with van der Waals surface area (Å²) in [7, 11) is 0. The summed E-state index contributed by atoms with van der Waals surface area (Å²) in [6.07, 6.45) is 5.94. The van der Waals surface area contributed by atoms with E-state index in [1.54, 1.807) is 0 Å².